The van der Waals surface area contributed by atoms with Crippen LogP contribution in [0.1, 0.15) is 37.8 Å². The van der Waals surface area contributed by atoms with E-state index in [1.807, 2.05) is 43.9 Å². The van der Waals surface area contributed by atoms with Crippen molar-refractivity contribution in [2.45, 2.75) is 40.2 Å². The van der Waals surface area contributed by atoms with Crippen LogP contribution in [-0.4, -0.2) is 47.9 Å². The number of likely N-dealkylation sites (tertiary alicyclic amines) is 1. The van der Waals surface area contributed by atoms with Crippen molar-refractivity contribution in [1.82, 2.24) is 15.1 Å². The summed E-state index contributed by atoms with van der Waals surface area (Å²) in [4.78, 5) is 28.7. The van der Waals surface area contributed by atoms with Gasteiger partial charge in [-0.05, 0) is 50.8 Å². The number of urea groups is 1. The van der Waals surface area contributed by atoms with E-state index in [0.717, 1.165) is 24.0 Å². The maximum absolute atomic E-state index is 12.5. The lowest BCUT2D eigenvalue weighted by atomic mass is 9.96. The van der Waals surface area contributed by atoms with E-state index in [9.17, 15) is 9.59 Å². The summed E-state index contributed by atoms with van der Waals surface area (Å²) in [5.74, 6) is 0.0699. The molecule has 1 aromatic carbocycles. The Labute approximate surface area is 155 Å². The van der Waals surface area contributed by atoms with Crippen molar-refractivity contribution in [3.8, 4) is 0 Å². The Morgan fingerprint density at radius 2 is 2.04 bits per heavy atom. The maximum atomic E-state index is 12.5. The average Bonchev–Trinajstić information content (AvgIpc) is 2.63. The van der Waals surface area contributed by atoms with E-state index < -0.39 is 0 Å². The summed E-state index contributed by atoms with van der Waals surface area (Å²) in [5, 5.41) is 3.66. The van der Waals surface area contributed by atoms with Gasteiger partial charge in [-0.3, -0.25) is 4.79 Å². The first-order chi connectivity index (χ1) is 12.0. The van der Waals surface area contributed by atoms with Crippen LogP contribution >= 0.6 is 11.6 Å². The Hall–Kier alpha value is -1.75. The molecule has 1 saturated heterocycles. The van der Waals surface area contributed by atoms with Crippen LogP contribution in [0, 0.1) is 12.8 Å². The normalized spacial score (nSPS) is 17.3. The van der Waals surface area contributed by atoms with Crippen LogP contribution in [0.5, 0.6) is 0 Å². The molecule has 1 N–H and O–H groups in total. The van der Waals surface area contributed by atoms with E-state index in [-0.39, 0.29) is 17.9 Å². The highest BCUT2D eigenvalue weighted by Crippen LogP contribution is 2.20. The van der Waals surface area contributed by atoms with Gasteiger partial charge in [-0.1, -0.05) is 23.7 Å². The molecule has 0 aliphatic carbocycles. The number of carbonyl (C=O) groups excluding carboxylic acids is 2. The van der Waals surface area contributed by atoms with Gasteiger partial charge in [-0.15, -0.1) is 0 Å². The van der Waals surface area contributed by atoms with E-state index >= 15 is 0 Å². The Bertz CT molecular complexity index is 617. The summed E-state index contributed by atoms with van der Waals surface area (Å²) in [6, 6.07) is 5.58. The molecule has 1 aliphatic rings. The van der Waals surface area contributed by atoms with E-state index in [1.165, 1.54) is 0 Å². The lowest BCUT2D eigenvalue weighted by molar-refractivity contribution is -0.136. The van der Waals surface area contributed by atoms with Crippen molar-refractivity contribution >= 4 is 23.5 Å². The van der Waals surface area contributed by atoms with Crippen LogP contribution in [0.4, 0.5) is 4.79 Å². The summed E-state index contributed by atoms with van der Waals surface area (Å²) in [7, 11) is 0. The highest BCUT2D eigenvalue weighted by Gasteiger charge is 2.30. The van der Waals surface area contributed by atoms with E-state index in [0.29, 0.717) is 37.7 Å². The molecule has 1 aromatic rings. The number of piperidine rings is 1. The topological polar surface area (TPSA) is 52.7 Å². The zero-order valence-corrected chi connectivity index (χ0v) is 16.1. The van der Waals surface area contributed by atoms with Gasteiger partial charge in [-0.25, -0.2) is 4.79 Å². The van der Waals surface area contributed by atoms with Crippen LogP contribution in [0.2, 0.25) is 5.02 Å². The van der Waals surface area contributed by atoms with Crippen molar-refractivity contribution in [2.24, 2.45) is 5.92 Å². The van der Waals surface area contributed by atoms with Crippen molar-refractivity contribution in [3.63, 3.8) is 0 Å². The molecule has 0 bridgehead atoms. The molecule has 1 aliphatic heterocycles. The smallest absolute Gasteiger partial charge is 0.317 e. The summed E-state index contributed by atoms with van der Waals surface area (Å²) in [6.45, 7) is 8.99. The predicted octanol–water partition coefficient (Wildman–Crippen LogP) is 3.44. The molecule has 1 heterocycles. The largest absolute Gasteiger partial charge is 0.343 e. The van der Waals surface area contributed by atoms with Gasteiger partial charge in [0.2, 0.25) is 5.91 Å². The predicted molar refractivity (Wildman–Crippen MR) is 101 cm³/mol. The number of rotatable bonds is 5. The summed E-state index contributed by atoms with van der Waals surface area (Å²) >= 11 is 6.12. The highest BCUT2D eigenvalue weighted by molar-refractivity contribution is 6.31. The van der Waals surface area contributed by atoms with Gasteiger partial charge in [-0.2, -0.15) is 0 Å². The van der Waals surface area contributed by atoms with Crippen molar-refractivity contribution in [1.29, 1.82) is 0 Å². The molecule has 1 atom stereocenters. The standard InChI is InChI=1S/C19H28ClN3O2/c1-4-22(5-2)18(24)16-9-7-11-23(13-16)19(25)21-12-15-8-6-10-17(20)14(15)3/h6,8,10,16H,4-5,7,9,11-13H2,1-3H3,(H,21,25)/t16-/m1/s1. The first kappa shape index (κ1) is 19.6. The first-order valence-corrected chi connectivity index (χ1v) is 9.41. The second kappa shape index (κ2) is 9.09. The number of nitrogens with zero attached hydrogens (tertiary/aromatic N) is 2. The van der Waals surface area contributed by atoms with Crippen LogP contribution in [0.15, 0.2) is 18.2 Å². The Morgan fingerprint density at radius 1 is 1.32 bits per heavy atom. The third-order valence-electron chi connectivity index (χ3n) is 4.94. The number of halogens is 1. The number of hydrogen-bond donors (Lipinski definition) is 1. The molecule has 2 rings (SSSR count). The van der Waals surface area contributed by atoms with Crippen molar-refractivity contribution < 1.29 is 9.59 Å². The van der Waals surface area contributed by atoms with Gasteiger partial charge in [0.1, 0.15) is 0 Å². The quantitative estimate of drug-likeness (QED) is 0.869. The maximum Gasteiger partial charge on any atom is 0.317 e. The Morgan fingerprint density at radius 3 is 2.72 bits per heavy atom. The molecule has 138 valence electrons. The Balaban J connectivity index is 1.93. The summed E-state index contributed by atoms with van der Waals surface area (Å²) in [6.07, 6.45) is 1.72. The fraction of sp³-hybridized carbons (Fsp3) is 0.579. The molecule has 25 heavy (non-hydrogen) atoms. The molecule has 0 aromatic heterocycles. The monoisotopic (exact) mass is 365 g/mol. The fourth-order valence-corrected chi connectivity index (χ4v) is 3.48. The van der Waals surface area contributed by atoms with Crippen molar-refractivity contribution in [2.75, 3.05) is 26.2 Å². The molecule has 3 amide bonds. The number of carbonyl (C=O) groups is 2. The van der Waals surface area contributed by atoms with Gasteiger partial charge in [0, 0.05) is 37.7 Å². The van der Waals surface area contributed by atoms with E-state index in [2.05, 4.69) is 5.32 Å². The zero-order chi connectivity index (χ0) is 18.4. The molecule has 1 fully saturated rings. The van der Waals surface area contributed by atoms with Gasteiger partial charge in [0.25, 0.3) is 0 Å². The van der Waals surface area contributed by atoms with Crippen LogP contribution in [-0.2, 0) is 11.3 Å². The lowest BCUT2D eigenvalue weighted by Crippen LogP contribution is -2.49. The van der Waals surface area contributed by atoms with Crippen LogP contribution in [0.25, 0.3) is 0 Å². The molecular weight excluding hydrogens is 338 g/mol. The number of benzene rings is 1. The lowest BCUT2D eigenvalue weighted by Gasteiger charge is -2.34. The van der Waals surface area contributed by atoms with Crippen molar-refractivity contribution in [3.05, 3.63) is 34.3 Å². The number of hydrogen-bond acceptors (Lipinski definition) is 2. The molecule has 5 nitrogen and oxygen atoms in total. The summed E-state index contributed by atoms with van der Waals surface area (Å²) < 4.78 is 0. The van der Waals surface area contributed by atoms with Gasteiger partial charge in [0.15, 0.2) is 0 Å². The first-order valence-electron chi connectivity index (χ1n) is 9.03. The SMILES string of the molecule is CCN(CC)C(=O)[C@@H]1CCCN(C(=O)NCc2cccc(Cl)c2C)C1. The van der Waals surface area contributed by atoms with E-state index in [4.69, 9.17) is 11.6 Å². The average molecular weight is 366 g/mol. The third kappa shape index (κ3) is 4.88. The molecular formula is C19H28ClN3O2. The highest BCUT2D eigenvalue weighted by atomic mass is 35.5. The summed E-state index contributed by atoms with van der Waals surface area (Å²) in [5.41, 5.74) is 1.99. The van der Waals surface area contributed by atoms with Crippen LogP contribution in [0.3, 0.4) is 0 Å². The molecule has 0 radical (unpaired) electrons. The van der Waals surface area contributed by atoms with Crippen LogP contribution < -0.4 is 5.32 Å². The second-order valence-corrected chi connectivity index (χ2v) is 6.89. The minimum Gasteiger partial charge on any atom is -0.343 e. The van der Waals surface area contributed by atoms with Gasteiger partial charge < -0.3 is 15.1 Å². The van der Waals surface area contributed by atoms with Gasteiger partial charge >= 0.3 is 6.03 Å². The third-order valence-corrected chi connectivity index (χ3v) is 5.35. The molecule has 0 saturated carbocycles. The fourth-order valence-electron chi connectivity index (χ4n) is 3.28. The second-order valence-electron chi connectivity index (χ2n) is 6.48. The molecule has 0 unspecified atom stereocenters. The number of amides is 3. The Kier molecular flexibility index (Phi) is 7.12. The molecule has 6 heteroatoms. The minimum absolute atomic E-state index is 0.0905. The zero-order valence-electron chi connectivity index (χ0n) is 15.3. The number of nitrogens with one attached hydrogen (secondary N) is 1. The van der Waals surface area contributed by atoms with E-state index in [1.54, 1.807) is 4.90 Å². The minimum atomic E-state index is -0.114. The molecule has 0 spiro atoms. The van der Waals surface area contributed by atoms with Gasteiger partial charge in [0.05, 0.1) is 5.92 Å².